The summed E-state index contributed by atoms with van der Waals surface area (Å²) in [6.07, 6.45) is 9.95. The molecule has 20 heavy (non-hydrogen) atoms. The molecule has 2 N–H and O–H groups in total. The van der Waals surface area contributed by atoms with E-state index in [0.717, 1.165) is 63.1 Å². The molecule has 0 spiro atoms. The normalized spacial score (nSPS) is 30.5. The van der Waals surface area contributed by atoms with E-state index in [4.69, 9.17) is 0 Å². The summed E-state index contributed by atoms with van der Waals surface area (Å²) in [6, 6.07) is 0. The van der Waals surface area contributed by atoms with Gasteiger partial charge in [0.05, 0.1) is 5.41 Å². The summed E-state index contributed by atoms with van der Waals surface area (Å²) in [5.74, 6) is 2.97. The van der Waals surface area contributed by atoms with E-state index in [0.29, 0.717) is 5.91 Å². The van der Waals surface area contributed by atoms with Gasteiger partial charge in [0.15, 0.2) is 0 Å². The molecule has 3 nitrogen and oxygen atoms in total. The molecule has 1 unspecified atom stereocenters. The fourth-order valence-electron chi connectivity index (χ4n) is 4.13. The van der Waals surface area contributed by atoms with Gasteiger partial charge in [-0.25, -0.2) is 0 Å². The summed E-state index contributed by atoms with van der Waals surface area (Å²) >= 11 is 0. The molecule has 3 heteroatoms. The lowest BCUT2D eigenvalue weighted by molar-refractivity contribution is -0.132. The first-order valence-electron chi connectivity index (χ1n) is 8.74. The van der Waals surface area contributed by atoms with Gasteiger partial charge in [-0.15, -0.1) is 0 Å². The summed E-state index contributed by atoms with van der Waals surface area (Å²) in [5, 5.41) is 6.78. The lowest BCUT2D eigenvalue weighted by Gasteiger charge is -2.36. The fraction of sp³-hybridized carbons (Fsp3) is 0.941. The minimum atomic E-state index is -0.120. The Kier molecular flexibility index (Phi) is 4.34. The van der Waals surface area contributed by atoms with Crippen LogP contribution in [0, 0.1) is 23.2 Å². The Labute approximate surface area is 123 Å². The van der Waals surface area contributed by atoms with E-state index >= 15 is 0 Å². The van der Waals surface area contributed by atoms with Crippen LogP contribution in [-0.2, 0) is 4.79 Å². The van der Waals surface area contributed by atoms with Crippen LogP contribution in [0.25, 0.3) is 0 Å². The largest absolute Gasteiger partial charge is 0.355 e. The summed E-state index contributed by atoms with van der Waals surface area (Å²) in [6.45, 7) is 5.09. The predicted molar refractivity (Wildman–Crippen MR) is 81.4 cm³/mol. The van der Waals surface area contributed by atoms with Gasteiger partial charge in [-0.3, -0.25) is 4.79 Å². The van der Waals surface area contributed by atoms with Crippen molar-refractivity contribution >= 4 is 5.91 Å². The van der Waals surface area contributed by atoms with E-state index in [2.05, 4.69) is 17.6 Å². The Bertz CT molecular complexity index is 323. The topological polar surface area (TPSA) is 41.1 Å². The first-order valence-corrected chi connectivity index (χ1v) is 8.74. The Morgan fingerprint density at radius 3 is 2.50 bits per heavy atom. The molecule has 2 saturated carbocycles. The number of nitrogens with one attached hydrogen (secondary N) is 2. The lowest BCUT2D eigenvalue weighted by Crippen LogP contribution is -2.51. The van der Waals surface area contributed by atoms with Gasteiger partial charge in [0, 0.05) is 13.1 Å². The molecule has 3 fully saturated rings. The van der Waals surface area contributed by atoms with Crippen molar-refractivity contribution in [3.8, 4) is 0 Å². The van der Waals surface area contributed by atoms with Crippen molar-refractivity contribution in [2.75, 3.05) is 19.6 Å². The second-order valence-electron chi connectivity index (χ2n) is 7.36. The highest BCUT2D eigenvalue weighted by atomic mass is 16.2. The monoisotopic (exact) mass is 278 g/mol. The third kappa shape index (κ3) is 3.19. The first kappa shape index (κ1) is 14.4. The van der Waals surface area contributed by atoms with Crippen molar-refractivity contribution in [3.05, 3.63) is 0 Å². The summed E-state index contributed by atoms with van der Waals surface area (Å²) in [4.78, 5) is 12.7. The molecule has 0 aromatic rings. The number of amides is 1. The zero-order valence-electron chi connectivity index (χ0n) is 12.9. The van der Waals surface area contributed by atoms with Gasteiger partial charge in [-0.05, 0) is 69.2 Å². The zero-order valence-corrected chi connectivity index (χ0v) is 12.9. The molecule has 1 atom stereocenters. The predicted octanol–water partition coefficient (Wildman–Crippen LogP) is 2.71. The first-order chi connectivity index (χ1) is 9.75. The van der Waals surface area contributed by atoms with Gasteiger partial charge in [0.25, 0.3) is 0 Å². The Morgan fingerprint density at radius 1 is 1.30 bits per heavy atom. The fourth-order valence-corrected chi connectivity index (χ4v) is 4.13. The zero-order chi connectivity index (χ0) is 14.0. The quantitative estimate of drug-likeness (QED) is 0.752. The maximum Gasteiger partial charge on any atom is 0.227 e. The van der Waals surface area contributed by atoms with Crippen LogP contribution in [0.15, 0.2) is 0 Å². The molecule has 114 valence electrons. The molecule has 3 rings (SSSR count). The summed E-state index contributed by atoms with van der Waals surface area (Å²) in [5.41, 5.74) is -0.120. The number of hydrogen-bond acceptors (Lipinski definition) is 2. The van der Waals surface area contributed by atoms with Crippen molar-refractivity contribution in [1.82, 2.24) is 10.6 Å². The van der Waals surface area contributed by atoms with Crippen LogP contribution in [0.3, 0.4) is 0 Å². The molecule has 0 bridgehead atoms. The molecule has 0 aromatic carbocycles. The van der Waals surface area contributed by atoms with Crippen molar-refractivity contribution in [2.45, 2.75) is 58.3 Å². The average Bonchev–Trinajstić information content (AvgIpc) is 3.34. The number of carbonyl (C=O) groups excluding carboxylic acids is 1. The Morgan fingerprint density at radius 2 is 2.00 bits per heavy atom. The molecule has 2 aliphatic carbocycles. The van der Waals surface area contributed by atoms with Gasteiger partial charge < -0.3 is 10.6 Å². The molecule has 1 amide bonds. The minimum absolute atomic E-state index is 0.120. The van der Waals surface area contributed by atoms with Crippen molar-refractivity contribution in [1.29, 1.82) is 0 Å². The number of piperidine rings is 1. The van der Waals surface area contributed by atoms with Crippen LogP contribution >= 0.6 is 0 Å². The molecule has 1 heterocycles. The SMILES string of the molecule is CCCC1(C(=O)NCC(C2CC2)C2CC2)CCCNC1. The summed E-state index contributed by atoms with van der Waals surface area (Å²) in [7, 11) is 0. The standard InChI is InChI=1S/C17H30N2O/c1-2-8-17(9-3-10-18-12-17)16(20)19-11-15(13-4-5-13)14-6-7-14/h13-15,18H,2-12H2,1H3,(H,19,20). The molecule has 0 aromatic heterocycles. The third-order valence-electron chi connectivity index (χ3n) is 5.64. The highest BCUT2D eigenvalue weighted by molar-refractivity contribution is 5.83. The highest BCUT2D eigenvalue weighted by Crippen LogP contribution is 2.49. The van der Waals surface area contributed by atoms with E-state index in [1.54, 1.807) is 0 Å². The van der Waals surface area contributed by atoms with Crippen LogP contribution < -0.4 is 10.6 Å². The van der Waals surface area contributed by atoms with Crippen LogP contribution in [0.1, 0.15) is 58.3 Å². The van der Waals surface area contributed by atoms with Gasteiger partial charge >= 0.3 is 0 Å². The molecular weight excluding hydrogens is 248 g/mol. The second-order valence-corrected chi connectivity index (χ2v) is 7.36. The van der Waals surface area contributed by atoms with Crippen LogP contribution in [0.2, 0.25) is 0 Å². The number of rotatable bonds is 7. The van der Waals surface area contributed by atoms with Crippen LogP contribution in [-0.4, -0.2) is 25.5 Å². The van der Waals surface area contributed by atoms with Gasteiger partial charge in [-0.1, -0.05) is 13.3 Å². The highest BCUT2D eigenvalue weighted by Gasteiger charge is 2.43. The van der Waals surface area contributed by atoms with E-state index in [9.17, 15) is 4.79 Å². The maximum absolute atomic E-state index is 12.7. The Hall–Kier alpha value is -0.570. The lowest BCUT2D eigenvalue weighted by atomic mass is 9.76. The minimum Gasteiger partial charge on any atom is -0.355 e. The number of carbonyl (C=O) groups is 1. The van der Waals surface area contributed by atoms with E-state index < -0.39 is 0 Å². The number of hydrogen-bond donors (Lipinski definition) is 2. The van der Waals surface area contributed by atoms with Crippen molar-refractivity contribution < 1.29 is 4.79 Å². The van der Waals surface area contributed by atoms with Crippen molar-refractivity contribution in [3.63, 3.8) is 0 Å². The maximum atomic E-state index is 12.7. The molecular formula is C17H30N2O. The van der Waals surface area contributed by atoms with E-state index in [1.165, 1.54) is 25.7 Å². The summed E-state index contributed by atoms with van der Waals surface area (Å²) < 4.78 is 0. The van der Waals surface area contributed by atoms with Crippen LogP contribution in [0.4, 0.5) is 0 Å². The molecule has 1 aliphatic heterocycles. The molecule has 1 saturated heterocycles. The smallest absolute Gasteiger partial charge is 0.227 e. The van der Waals surface area contributed by atoms with Gasteiger partial charge in [-0.2, -0.15) is 0 Å². The van der Waals surface area contributed by atoms with Crippen molar-refractivity contribution in [2.24, 2.45) is 23.2 Å². The molecule has 3 aliphatic rings. The van der Waals surface area contributed by atoms with E-state index in [1.807, 2.05) is 0 Å². The van der Waals surface area contributed by atoms with E-state index in [-0.39, 0.29) is 5.41 Å². The van der Waals surface area contributed by atoms with Crippen LogP contribution in [0.5, 0.6) is 0 Å². The van der Waals surface area contributed by atoms with Gasteiger partial charge in [0.2, 0.25) is 5.91 Å². The average molecular weight is 278 g/mol. The Balaban J connectivity index is 1.55. The van der Waals surface area contributed by atoms with Gasteiger partial charge in [0.1, 0.15) is 0 Å². The molecule has 0 radical (unpaired) electrons. The third-order valence-corrected chi connectivity index (χ3v) is 5.64. The second kappa shape index (κ2) is 6.05.